The van der Waals surface area contributed by atoms with Crippen LogP contribution in [0.1, 0.15) is 105 Å². The average molecular weight is 429 g/mol. The second kappa shape index (κ2) is 8.86. The molecule has 0 unspecified atom stereocenters. The Labute approximate surface area is 192 Å². The zero-order chi connectivity index (χ0) is 22.4. The molecule has 2 heteroatoms. The van der Waals surface area contributed by atoms with Gasteiger partial charge >= 0.3 is 5.97 Å². The molecule has 4 aliphatic rings. The Morgan fingerprint density at radius 3 is 2.48 bits per heavy atom. The number of allylic oxidation sites excluding steroid dienone is 1. The van der Waals surface area contributed by atoms with Gasteiger partial charge in [0.2, 0.25) is 0 Å². The van der Waals surface area contributed by atoms with E-state index in [1.54, 1.807) is 0 Å². The summed E-state index contributed by atoms with van der Waals surface area (Å²) >= 11 is 0. The van der Waals surface area contributed by atoms with Crippen LogP contribution in [0.4, 0.5) is 0 Å². The lowest BCUT2D eigenvalue weighted by Crippen LogP contribution is -2.56. The van der Waals surface area contributed by atoms with Crippen LogP contribution < -0.4 is 0 Å². The van der Waals surface area contributed by atoms with E-state index in [0.717, 1.165) is 41.9 Å². The van der Waals surface area contributed by atoms with Crippen molar-refractivity contribution in [2.75, 3.05) is 6.61 Å². The van der Waals surface area contributed by atoms with Crippen molar-refractivity contribution < 1.29 is 9.53 Å². The molecule has 31 heavy (non-hydrogen) atoms. The summed E-state index contributed by atoms with van der Waals surface area (Å²) in [6, 6.07) is 0. The number of ether oxygens (including phenoxy) is 1. The molecule has 4 rings (SSSR count). The van der Waals surface area contributed by atoms with Crippen molar-refractivity contribution in [1.82, 2.24) is 0 Å². The van der Waals surface area contributed by atoms with Crippen molar-refractivity contribution in [3.63, 3.8) is 0 Å². The molecule has 0 N–H and O–H groups in total. The quantitative estimate of drug-likeness (QED) is 0.318. The largest absolute Gasteiger partial charge is 0.465 e. The maximum Gasteiger partial charge on any atom is 0.305 e. The number of rotatable bonds is 6. The molecule has 0 aromatic rings. The fraction of sp³-hybridized carbons (Fsp3) is 0.897. The molecule has 3 saturated carbocycles. The Bertz CT molecular complexity index is 668. The van der Waals surface area contributed by atoms with Gasteiger partial charge in [0.1, 0.15) is 0 Å². The molecule has 1 spiro atoms. The van der Waals surface area contributed by atoms with Gasteiger partial charge < -0.3 is 4.74 Å². The minimum absolute atomic E-state index is 0.0185. The molecule has 0 aromatic heterocycles. The van der Waals surface area contributed by atoms with Gasteiger partial charge in [-0.3, -0.25) is 4.79 Å². The van der Waals surface area contributed by atoms with E-state index in [-0.39, 0.29) is 11.4 Å². The van der Waals surface area contributed by atoms with Crippen LogP contribution in [0.25, 0.3) is 0 Å². The molecule has 1 aliphatic heterocycles. The van der Waals surface area contributed by atoms with Gasteiger partial charge in [-0.1, -0.05) is 59.1 Å². The minimum Gasteiger partial charge on any atom is -0.465 e. The van der Waals surface area contributed by atoms with Gasteiger partial charge in [0.05, 0.1) is 6.61 Å². The van der Waals surface area contributed by atoms with E-state index in [4.69, 9.17) is 4.74 Å². The van der Waals surface area contributed by atoms with Crippen LogP contribution in [0, 0.1) is 52.3 Å². The van der Waals surface area contributed by atoms with Crippen molar-refractivity contribution in [3.05, 3.63) is 12.2 Å². The zero-order valence-electron chi connectivity index (χ0n) is 21.1. The van der Waals surface area contributed by atoms with E-state index >= 15 is 0 Å². The third-order valence-electron chi connectivity index (χ3n) is 10.8. The molecule has 2 nitrogen and oxygen atoms in total. The lowest BCUT2D eigenvalue weighted by Gasteiger charge is -2.61. The fourth-order valence-corrected chi connectivity index (χ4v) is 9.33. The van der Waals surface area contributed by atoms with Crippen molar-refractivity contribution in [2.45, 2.75) is 105 Å². The number of fused-ring (bicyclic) bond motifs is 4. The fourth-order valence-electron chi connectivity index (χ4n) is 9.33. The Balaban J connectivity index is 1.53. The number of cyclic esters (lactones) is 1. The third kappa shape index (κ3) is 4.04. The van der Waals surface area contributed by atoms with Crippen molar-refractivity contribution in [2.24, 2.45) is 52.3 Å². The number of hydrogen-bond acceptors (Lipinski definition) is 2. The molecule has 0 amide bonds. The number of carbonyl (C=O) groups excluding carboxylic acids is 1. The van der Waals surface area contributed by atoms with E-state index in [9.17, 15) is 4.79 Å². The summed E-state index contributed by atoms with van der Waals surface area (Å²) in [6.45, 7) is 17.2. The molecule has 8 atom stereocenters. The van der Waals surface area contributed by atoms with E-state index in [1.807, 2.05) is 0 Å². The van der Waals surface area contributed by atoms with Crippen LogP contribution in [0.2, 0.25) is 0 Å². The lowest BCUT2D eigenvalue weighted by atomic mass is 9.44. The molecule has 176 valence electrons. The Hall–Kier alpha value is -0.790. The Kier molecular flexibility index (Phi) is 6.68. The highest BCUT2D eigenvalue weighted by Gasteiger charge is 2.62. The smallest absolute Gasteiger partial charge is 0.305 e. The summed E-state index contributed by atoms with van der Waals surface area (Å²) in [5.41, 5.74) is 2.03. The van der Waals surface area contributed by atoms with Gasteiger partial charge in [-0.05, 0) is 98.7 Å². The first-order valence-electron chi connectivity index (χ1n) is 13.5. The second-order valence-electron chi connectivity index (χ2n) is 12.8. The number of carbonyl (C=O) groups is 1. The van der Waals surface area contributed by atoms with Crippen LogP contribution in [0.15, 0.2) is 12.2 Å². The zero-order valence-corrected chi connectivity index (χ0v) is 21.1. The summed E-state index contributed by atoms with van der Waals surface area (Å²) in [5.74, 6) is 5.60. The molecule has 0 radical (unpaired) electrons. The standard InChI is InChI=1S/C29H48O2/c1-19(2)8-7-9-21(5)24-12-13-25-22-10-11-23(20(3)4)29(17-15-27(30)31-18-29)26(22)14-16-28(24,25)6/h19,21-26H,3,7-18H2,1-2,4-6H3/t21-,22+,23+,24-,25+,26+,28-,29-/m1/s1. The summed E-state index contributed by atoms with van der Waals surface area (Å²) in [5, 5.41) is 0. The molecule has 1 heterocycles. The molecule has 0 aromatic carbocycles. The summed E-state index contributed by atoms with van der Waals surface area (Å²) in [7, 11) is 0. The first-order valence-corrected chi connectivity index (χ1v) is 13.5. The van der Waals surface area contributed by atoms with Gasteiger partial charge in [-0.2, -0.15) is 0 Å². The molecule has 3 aliphatic carbocycles. The monoisotopic (exact) mass is 428 g/mol. The van der Waals surface area contributed by atoms with Crippen molar-refractivity contribution >= 4 is 5.97 Å². The topological polar surface area (TPSA) is 26.3 Å². The molecular weight excluding hydrogens is 380 g/mol. The van der Waals surface area contributed by atoms with Gasteiger partial charge in [-0.25, -0.2) is 0 Å². The van der Waals surface area contributed by atoms with Gasteiger partial charge in [0.25, 0.3) is 0 Å². The Morgan fingerprint density at radius 2 is 1.84 bits per heavy atom. The van der Waals surface area contributed by atoms with E-state index < -0.39 is 0 Å². The Morgan fingerprint density at radius 1 is 1.06 bits per heavy atom. The first-order chi connectivity index (χ1) is 14.7. The van der Waals surface area contributed by atoms with Gasteiger partial charge in [0.15, 0.2) is 0 Å². The molecular formula is C29H48O2. The summed E-state index contributed by atoms with van der Waals surface area (Å²) in [6.07, 6.45) is 14.1. The summed E-state index contributed by atoms with van der Waals surface area (Å²) < 4.78 is 5.78. The second-order valence-corrected chi connectivity index (χ2v) is 12.8. The predicted octanol–water partition coefficient (Wildman–Crippen LogP) is 7.82. The maximum atomic E-state index is 12.0. The minimum atomic E-state index is 0.0185. The summed E-state index contributed by atoms with van der Waals surface area (Å²) in [4.78, 5) is 12.0. The highest BCUT2D eigenvalue weighted by atomic mass is 16.5. The van der Waals surface area contributed by atoms with Crippen molar-refractivity contribution in [1.29, 1.82) is 0 Å². The third-order valence-corrected chi connectivity index (χ3v) is 10.8. The number of hydrogen-bond donors (Lipinski definition) is 0. The van der Waals surface area contributed by atoms with E-state index in [2.05, 4.69) is 41.2 Å². The maximum absolute atomic E-state index is 12.0. The SMILES string of the molecule is C=C(C)[C@@H]1CC[C@H]2[C@@H]3CC[C@H]([C@H](C)CCCC(C)C)[C@@]3(C)CC[C@@H]2[C@@]12CCC(=O)OC2. The number of esters is 1. The van der Waals surface area contributed by atoms with Crippen LogP contribution in [0.3, 0.4) is 0 Å². The van der Waals surface area contributed by atoms with Crippen LogP contribution in [0.5, 0.6) is 0 Å². The van der Waals surface area contributed by atoms with Crippen LogP contribution in [-0.4, -0.2) is 12.6 Å². The molecule has 0 bridgehead atoms. The van der Waals surface area contributed by atoms with Crippen LogP contribution >= 0.6 is 0 Å². The molecule has 1 saturated heterocycles. The molecule has 4 fully saturated rings. The van der Waals surface area contributed by atoms with E-state index in [0.29, 0.717) is 24.4 Å². The van der Waals surface area contributed by atoms with Crippen molar-refractivity contribution in [3.8, 4) is 0 Å². The van der Waals surface area contributed by atoms with Gasteiger partial charge in [-0.15, -0.1) is 0 Å². The normalized spacial score (nSPS) is 43.4. The average Bonchev–Trinajstić information content (AvgIpc) is 3.07. The first kappa shape index (κ1) is 23.4. The van der Waals surface area contributed by atoms with E-state index in [1.165, 1.54) is 63.4 Å². The highest BCUT2D eigenvalue weighted by molar-refractivity contribution is 5.70. The predicted molar refractivity (Wildman–Crippen MR) is 129 cm³/mol. The van der Waals surface area contributed by atoms with Gasteiger partial charge in [0, 0.05) is 11.8 Å². The lowest BCUT2D eigenvalue weighted by molar-refractivity contribution is -0.177. The van der Waals surface area contributed by atoms with Crippen LogP contribution in [-0.2, 0) is 9.53 Å². The highest BCUT2D eigenvalue weighted by Crippen LogP contribution is 2.68.